The van der Waals surface area contributed by atoms with Crippen LogP contribution in [-0.4, -0.2) is 25.4 Å². The first kappa shape index (κ1) is 18.5. The molecule has 0 saturated carbocycles. The van der Waals surface area contributed by atoms with Crippen LogP contribution < -0.4 is 14.8 Å². The molecule has 0 bridgehead atoms. The van der Waals surface area contributed by atoms with E-state index in [1.165, 1.54) is 11.8 Å². The van der Waals surface area contributed by atoms with Gasteiger partial charge >= 0.3 is 0 Å². The number of amides is 1. The number of nitrogens with one attached hydrogen (secondary N) is 1. The van der Waals surface area contributed by atoms with E-state index in [1.807, 2.05) is 44.2 Å². The quantitative estimate of drug-likeness (QED) is 0.748. The minimum atomic E-state index is -0.275. The monoisotopic (exact) mass is 365 g/mol. The summed E-state index contributed by atoms with van der Waals surface area (Å²) in [5, 5.41) is 3.24. The molecular weight excluding hydrogens is 346 g/mol. The lowest BCUT2D eigenvalue weighted by atomic mass is 10.2. The van der Waals surface area contributed by atoms with Crippen LogP contribution in [0.1, 0.15) is 12.5 Å². The SMILES string of the molecule is COc1ccc(SC(C)C(=O)Nc2ccc(C)c(Cl)c2)cc1OC. The molecule has 0 spiro atoms. The van der Waals surface area contributed by atoms with Gasteiger partial charge in [-0.05, 0) is 49.7 Å². The van der Waals surface area contributed by atoms with E-state index in [-0.39, 0.29) is 11.2 Å². The molecule has 4 nitrogen and oxygen atoms in total. The van der Waals surface area contributed by atoms with E-state index in [0.717, 1.165) is 10.5 Å². The first-order valence-corrected chi connectivity index (χ1v) is 8.66. The molecule has 0 aliphatic rings. The van der Waals surface area contributed by atoms with Crippen molar-refractivity contribution in [1.29, 1.82) is 0 Å². The number of anilines is 1. The number of carbonyl (C=O) groups is 1. The van der Waals surface area contributed by atoms with Crippen LogP contribution in [0, 0.1) is 6.92 Å². The number of halogens is 1. The first-order chi connectivity index (χ1) is 11.4. The van der Waals surface area contributed by atoms with Crippen LogP contribution in [0.25, 0.3) is 0 Å². The molecule has 2 aromatic rings. The minimum absolute atomic E-state index is 0.0882. The minimum Gasteiger partial charge on any atom is -0.493 e. The van der Waals surface area contributed by atoms with E-state index < -0.39 is 0 Å². The molecule has 0 aliphatic heterocycles. The van der Waals surface area contributed by atoms with Gasteiger partial charge < -0.3 is 14.8 Å². The van der Waals surface area contributed by atoms with Crippen LogP contribution in [0.5, 0.6) is 11.5 Å². The molecule has 0 aromatic heterocycles. The van der Waals surface area contributed by atoms with Crippen molar-refractivity contribution in [3.8, 4) is 11.5 Å². The molecule has 0 aliphatic carbocycles. The van der Waals surface area contributed by atoms with Gasteiger partial charge in [0.05, 0.1) is 19.5 Å². The Morgan fingerprint density at radius 3 is 2.46 bits per heavy atom. The van der Waals surface area contributed by atoms with Crippen LogP contribution in [-0.2, 0) is 4.79 Å². The number of benzene rings is 2. The highest BCUT2D eigenvalue weighted by molar-refractivity contribution is 8.00. The molecule has 1 unspecified atom stereocenters. The van der Waals surface area contributed by atoms with Gasteiger partial charge in [0.2, 0.25) is 5.91 Å². The molecule has 128 valence electrons. The average Bonchev–Trinajstić information content (AvgIpc) is 2.57. The number of rotatable bonds is 6. The third kappa shape index (κ3) is 4.58. The number of hydrogen-bond donors (Lipinski definition) is 1. The van der Waals surface area contributed by atoms with Crippen molar-refractivity contribution in [2.45, 2.75) is 24.0 Å². The van der Waals surface area contributed by atoms with Crippen molar-refractivity contribution < 1.29 is 14.3 Å². The Morgan fingerprint density at radius 2 is 1.83 bits per heavy atom. The maximum absolute atomic E-state index is 12.4. The molecule has 24 heavy (non-hydrogen) atoms. The second-order valence-electron chi connectivity index (χ2n) is 5.23. The van der Waals surface area contributed by atoms with Crippen LogP contribution in [0.3, 0.4) is 0 Å². The Balaban J connectivity index is 2.04. The summed E-state index contributed by atoms with van der Waals surface area (Å²) in [6.07, 6.45) is 0. The van der Waals surface area contributed by atoms with Crippen molar-refractivity contribution in [2.24, 2.45) is 0 Å². The van der Waals surface area contributed by atoms with Gasteiger partial charge in [-0.2, -0.15) is 0 Å². The Morgan fingerprint density at radius 1 is 1.12 bits per heavy atom. The number of hydrogen-bond acceptors (Lipinski definition) is 4. The van der Waals surface area contributed by atoms with E-state index >= 15 is 0 Å². The fourth-order valence-electron chi connectivity index (χ4n) is 2.06. The molecule has 6 heteroatoms. The van der Waals surface area contributed by atoms with Crippen molar-refractivity contribution in [2.75, 3.05) is 19.5 Å². The standard InChI is InChI=1S/C18H20ClNO3S/c1-11-5-6-13(9-15(11)19)20-18(21)12(2)24-14-7-8-16(22-3)17(10-14)23-4/h5-10,12H,1-4H3,(H,20,21). The zero-order chi connectivity index (χ0) is 17.7. The summed E-state index contributed by atoms with van der Waals surface area (Å²) in [6, 6.07) is 11.1. The van der Waals surface area contributed by atoms with E-state index in [4.69, 9.17) is 21.1 Å². The normalized spacial score (nSPS) is 11.7. The highest BCUT2D eigenvalue weighted by Gasteiger charge is 2.16. The van der Waals surface area contributed by atoms with Crippen LogP contribution >= 0.6 is 23.4 Å². The van der Waals surface area contributed by atoms with Crippen molar-refractivity contribution in [3.05, 3.63) is 47.0 Å². The fourth-order valence-corrected chi connectivity index (χ4v) is 3.14. The Labute approximate surface area is 151 Å². The lowest BCUT2D eigenvalue weighted by Gasteiger charge is -2.14. The van der Waals surface area contributed by atoms with E-state index in [9.17, 15) is 4.79 Å². The predicted molar refractivity (Wildman–Crippen MR) is 99.7 cm³/mol. The van der Waals surface area contributed by atoms with Crippen molar-refractivity contribution >= 4 is 35.0 Å². The number of thioether (sulfide) groups is 1. The Kier molecular flexibility index (Phi) is 6.40. The zero-order valence-corrected chi connectivity index (χ0v) is 15.6. The van der Waals surface area contributed by atoms with Crippen LogP contribution in [0.4, 0.5) is 5.69 Å². The zero-order valence-electron chi connectivity index (χ0n) is 14.1. The summed E-state index contributed by atoms with van der Waals surface area (Å²) in [5.41, 5.74) is 1.66. The highest BCUT2D eigenvalue weighted by Crippen LogP contribution is 2.33. The Hall–Kier alpha value is -1.85. The molecule has 2 rings (SSSR count). The highest BCUT2D eigenvalue weighted by atomic mass is 35.5. The summed E-state index contributed by atoms with van der Waals surface area (Å²) in [5.74, 6) is 1.21. The molecule has 0 radical (unpaired) electrons. The molecule has 1 amide bonds. The summed E-state index contributed by atoms with van der Waals surface area (Å²) in [6.45, 7) is 3.77. The largest absolute Gasteiger partial charge is 0.493 e. The molecule has 0 fully saturated rings. The van der Waals surface area contributed by atoms with Gasteiger partial charge in [0.15, 0.2) is 11.5 Å². The first-order valence-electron chi connectivity index (χ1n) is 7.40. The molecular formula is C18H20ClNO3S. The maximum Gasteiger partial charge on any atom is 0.237 e. The molecule has 1 atom stereocenters. The van der Waals surface area contributed by atoms with Gasteiger partial charge in [-0.25, -0.2) is 0 Å². The summed E-state index contributed by atoms with van der Waals surface area (Å²) < 4.78 is 10.5. The van der Waals surface area contributed by atoms with Gasteiger partial charge in [0.25, 0.3) is 0 Å². The van der Waals surface area contributed by atoms with Crippen molar-refractivity contribution in [3.63, 3.8) is 0 Å². The van der Waals surface area contributed by atoms with Gasteiger partial charge in [0, 0.05) is 15.6 Å². The topological polar surface area (TPSA) is 47.6 Å². The second kappa shape index (κ2) is 8.31. The Bertz CT molecular complexity index is 736. The summed E-state index contributed by atoms with van der Waals surface area (Å²) in [7, 11) is 3.18. The molecule has 1 N–H and O–H groups in total. The smallest absolute Gasteiger partial charge is 0.237 e. The maximum atomic E-state index is 12.4. The summed E-state index contributed by atoms with van der Waals surface area (Å²) >= 11 is 7.53. The van der Waals surface area contributed by atoms with Crippen LogP contribution in [0.15, 0.2) is 41.3 Å². The third-order valence-electron chi connectivity index (χ3n) is 3.48. The van der Waals surface area contributed by atoms with Gasteiger partial charge in [-0.1, -0.05) is 17.7 Å². The molecule has 0 saturated heterocycles. The van der Waals surface area contributed by atoms with E-state index in [0.29, 0.717) is 22.2 Å². The van der Waals surface area contributed by atoms with Gasteiger partial charge in [0.1, 0.15) is 0 Å². The lowest BCUT2D eigenvalue weighted by Crippen LogP contribution is -2.22. The second-order valence-corrected chi connectivity index (χ2v) is 7.05. The summed E-state index contributed by atoms with van der Waals surface area (Å²) in [4.78, 5) is 13.3. The number of methoxy groups -OCH3 is 2. The number of carbonyl (C=O) groups excluding carboxylic acids is 1. The molecule has 2 aromatic carbocycles. The van der Waals surface area contributed by atoms with Crippen molar-refractivity contribution in [1.82, 2.24) is 0 Å². The van der Waals surface area contributed by atoms with Crippen LogP contribution in [0.2, 0.25) is 5.02 Å². The number of aryl methyl sites for hydroxylation is 1. The molecule has 0 heterocycles. The van der Waals surface area contributed by atoms with Gasteiger partial charge in [-0.3, -0.25) is 4.79 Å². The lowest BCUT2D eigenvalue weighted by molar-refractivity contribution is -0.115. The van der Waals surface area contributed by atoms with E-state index in [1.54, 1.807) is 20.3 Å². The van der Waals surface area contributed by atoms with E-state index in [2.05, 4.69) is 5.32 Å². The average molecular weight is 366 g/mol. The van der Waals surface area contributed by atoms with Gasteiger partial charge in [-0.15, -0.1) is 11.8 Å². The fraction of sp³-hybridized carbons (Fsp3) is 0.278. The number of ether oxygens (including phenoxy) is 2. The third-order valence-corrected chi connectivity index (χ3v) is 4.98. The predicted octanol–water partition coefficient (Wildman–Crippen LogP) is 4.78.